The molecule has 2 aliphatic heterocycles. The summed E-state index contributed by atoms with van der Waals surface area (Å²) in [5, 5.41) is 0. The molecule has 0 aliphatic carbocycles. The molecule has 2 aliphatic rings. The summed E-state index contributed by atoms with van der Waals surface area (Å²) in [4.78, 5) is 0. The Bertz CT molecular complexity index is 374. The summed E-state index contributed by atoms with van der Waals surface area (Å²) in [5.41, 5.74) is 0. The number of hydrogen-bond acceptors (Lipinski definition) is 2. The average Bonchev–Trinajstić information content (AvgIpc) is 2.88. The Labute approximate surface area is 115 Å². The zero-order chi connectivity index (χ0) is 13.2. The highest BCUT2D eigenvalue weighted by molar-refractivity contribution is 7.86. The Morgan fingerprint density at radius 1 is 1.11 bits per heavy atom. The van der Waals surface area contributed by atoms with Gasteiger partial charge >= 0.3 is 0 Å². The van der Waals surface area contributed by atoms with Gasteiger partial charge in [0.1, 0.15) is 0 Å². The van der Waals surface area contributed by atoms with Gasteiger partial charge in [-0.2, -0.15) is 17.0 Å². The van der Waals surface area contributed by atoms with Crippen LogP contribution in [0.5, 0.6) is 0 Å². The molecule has 0 N–H and O–H groups in total. The molecule has 0 spiro atoms. The van der Waals surface area contributed by atoms with Gasteiger partial charge < -0.3 is 0 Å². The minimum atomic E-state index is -3.24. The van der Waals surface area contributed by atoms with E-state index in [1.807, 2.05) is 0 Å². The first-order valence-corrected chi connectivity index (χ1v) is 8.82. The zero-order valence-corrected chi connectivity index (χ0v) is 12.6. The van der Waals surface area contributed by atoms with Gasteiger partial charge in [-0.1, -0.05) is 13.3 Å². The Morgan fingerprint density at radius 2 is 1.78 bits per heavy atom. The van der Waals surface area contributed by atoms with Crippen molar-refractivity contribution in [2.24, 2.45) is 11.8 Å². The van der Waals surface area contributed by atoms with Crippen molar-refractivity contribution in [3.63, 3.8) is 0 Å². The van der Waals surface area contributed by atoms with Crippen LogP contribution in [0.2, 0.25) is 0 Å². The first-order valence-electron chi connectivity index (χ1n) is 6.89. The van der Waals surface area contributed by atoms with Crippen molar-refractivity contribution in [2.45, 2.75) is 32.6 Å². The lowest BCUT2D eigenvalue weighted by Gasteiger charge is -2.33. The maximum atomic E-state index is 12.5. The quantitative estimate of drug-likeness (QED) is 0.743. The molecule has 2 atom stereocenters. The van der Waals surface area contributed by atoms with E-state index in [-0.39, 0.29) is 0 Å². The smallest absolute Gasteiger partial charge is 0.195 e. The van der Waals surface area contributed by atoms with Crippen molar-refractivity contribution >= 4 is 21.8 Å². The van der Waals surface area contributed by atoms with E-state index in [1.54, 1.807) is 8.61 Å². The fourth-order valence-electron chi connectivity index (χ4n) is 2.87. The van der Waals surface area contributed by atoms with Crippen LogP contribution in [0, 0.1) is 11.8 Å². The van der Waals surface area contributed by atoms with Crippen molar-refractivity contribution in [2.75, 3.05) is 32.1 Å². The molecule has 0 radical (unpaired) electrons. The molecule has 0 aromatic heterocycles. The van der Waals surface area contributed by atoms with Gasteiger partial charge in [0, 0.05) is 32.1 Å². The first kappa shape index (κ1) is 14.6. The normalized spacial score (nSPS) is 31.9. The molecular formula is C12H23ClN2O2S. The molecule has 6 heteroatoms. The molecule has 18 heavy (non-hydrogen) atoms. The predicted molar refractivity (Wildman–Crippen MR) is 73.9 cm³/mol. The van der Waals surface area contributed by atoms with Gasteiger partial charge in [-0.3, -0.25) is 0 Å². The van der Waals surface area contributed by atoms with Crippen LogP contribution in [0.3, 0.4) is 0 Å². The first-order chi connectivity index (χ1) is 8.57. The van der Waals surface area contributed by atoms with Crippen molar-refractivity contribution < 1.29 is 8.42 Å². The molecule has 0 bridgehead atoms. The zero-order valence-electron chi connectivity index (χ0n) is 11.0. The van der Waals surface area contributed by atoms with Crippen molar-refractivity contribution in [3.8, 4) is 0 Å². The molecule has 0 saturated carbocycles. The molecule has 2 saturated heterocycles. The van der Waals surface area contributed by atoms with Gasteiger partial charge in [-0.25, -0.2) is 0 Å². The van der Waals surface area contributed by atoms with Crippen LogP contribution in [0.1, 0.15) is 32.6 Å². The molecular weight excluding hydrogens is 272 g/mol. The van der Waals surface area contributed by atoms with Crippen LogP contribution in [0.15, 0.2) is 0 Å². The molecule has 106 valence electrons. The largest absolute Gasteiger partial charge is 0.281 e. The predicted octanol–water partition coefficient (Wildman–Crippen LogP) is 1.91. The van der Waals surface area contributed by atoms with Gasteiger partial charge in [-0.15, -0.1) is 11.6 Å². The monoisotopic (exact) mass is 294 g/mol. The van der Waals surface area contributed by atoms with E-state index in [2.05, 4.69) is 6.92 Å². The van der Waals surface area contributed by atoms with Gasteiger partial charge in [0.15, 0.2) is 0 Å². The summed E-state index contributed by atoms with van der Waals surface area (Å²) in [7, 11) is -3.24. The number of alkyl halides is 1. The average molecular weight is 295 g/mol. The van der Waals surface area contributed by atoms with Crippen molar-refractivity contribution in [3.05, 3.63) is 0 Å². The third kappa shape index (κ3) is 3.00. The number of rotatable bonds is 4. The third-order valence-corrected chi connectivity index (χ3v) is 6.58. The van der Waals surface area contributed by atoms with Crippen LogP contribution >= 0.6 is 11.6 Å². The number of halogens is 1. The molecule has 2 heterocycles. The Balaban J connectivity index is 2.02. The minimum absolute atomic E-state index is 0.319. The van der Waals surface area contributed by atoms with Gasteiger partial charge in [0.2, 0.25) is 0 Å². The lowest BCUT2D eigenvalue weighted by Crippen LogP contribution is -2.47. The van der Waals surface area contributed by atoms with E-state index in [1.165, 1.54) is 0 Å². The lowest BCUT2D eigenvalue weighted by atomic mass is 10.0. The van der Waals surface area contributed by atoms with E-state index in [0.717, 1.165) is 25.7 Å². The molecule has 0 amide bonds. The second-order valence-electron chi connectivity index (χ2n) is 5.45. The molecule has 2 unspecified atom stereocenters. The lowest BCUT2D eigenvalue weighted by molar-refractivity contribution is 0.264. The van der Waals surface area contributed by atoms with Crippen LogP contribution in [-0.4, -0.2) is 49.1 Å². The summed E-state index contributed by atoms with van der Waals surface area (Å²) in [6.45, 7) is 4.76. The molecule has 4 nitrogen and oxygen atoms in total. The van der Waals surface area contributed by atoms with Gasteiger partial charge in [0.25, 0.3) is 10.2 Å². The van der Waals surface area contributed by atoms with Crippen LogP contribution in [0.25, 0.3) is 0 Å². The highest BCUT2D eigenvalue weighted by Crippen LogP contribution is 2.27. The van der Waals surface area contributed by atoms with E-state index < -0.39 is 10.2 Å². The highest BCUT2D eigenvalue weighted by Gasteiger charge is 2.36. The molecule has 0 aromatic carbocycles. The molecule has 2 fully saturated rings. The number of piperidine rings is 1. The SMILES string of the molecule is CCC1CCN(S(=O)(=O)N2CCCC(CCl)C2)C1. The van der Waals surface area contributed by atoms with E-state index in [4.69, 9.17) is 11.6 Å². The van der Waals surface area contributed by atoms with Crippen molar-refractivity contribution in [1.29, 1.82) is 0 Å². The summed E-state index contributed by atoms with van der Waals surface area (Å²) < 4.78 is 28.3. The fourth-order valence-corrected chi connectivity index (χ4v) is 4.94. The van der Waals surface area contributed by atoms with E-state index >= 15 is 0 Å². The second-order valence-corrected chi connectivity index (χ2v) is 7.69. The van der Waals surface area contributed by atoms with Crippen LogP contribution in [-0.2, 0) is 10.2 Å². The van der Waals surface area contributed by atoms with E-state index in [9.17, 15) is 8.42 Å². The minimum Gasteiger partial charge on any atom is -0.195 e. The van der Waals surface area contributed by atoms with E-state index in [0.29, 0.717) is 43.9 Å². The Kier molecular flexibility index (Phi) is 4.92. The maximum Gasteiger partial charge on any atom is 0.281 e. The molecule has 0 aromatic rings. The summed E-state index contributed by atoms with van der Waals surface area (Å²) in [6.07, 6.45) is 4.05. The van der Waals surface area contributed by atoms with Crippen LogP contribution < -0.4 is 0 Å². The standard InChI is InChI=1S/C12H23ClN2O2S/c1-2-11-5-7-15(9-11)18(16,17)14-6-3-4-12(8-13)10-14/h11-12H,2-10H2,1H3. The third-order valence-electron chi connectivity index (χ3n) is 4.18. The Hall–Kier alpha value is 0.160. The summed E-state index contributed by atoms with van der Waals surface area (Å²) in [5.74, 6) is 1.41. The van der Waals surface area contributed by atoms with Crippen LogP contribution in [0.4, 0.5) is 0 Å². The Morgan fingerprint density at radius 3 is 2.39 bits per heavy atom. The number of nitrogens with zero attached hydrogens (tertiary/aromatic N) is 2. The summed E-state index contributed by atoms with van der Waals surface area (Å²) in [6, 6.07) is 0. The maximum absolute atomic E-state index is 12.5. The topological polar surface area (TPSA) is 40.6 Å². The summed E-state index contributed by atoms with van der Waals surface area (Å²) >= 11 is 5.87. The van der Waals surface area contributed by atoms with Crippen molar-refractivity contribution in [1.82, 2.24) is 8.61 Å². The second kappa shape index (κ2) is 6.07. The fraction of sp³-hybridized carbons (Fsp3) is 1.00. The van der Waals surface area contributed by atoms with Gasteiger partial charge in [-0.05, 0) is 31.1 Å². The number of hydrogen-bond donors (Lipinski definition) is 0. The highest BCUT2D eigenvalue weighted by atomic mass is 35.5. The van der Waals surface area contributed by atoms with Gasteiger partial charge in [0.05, 0.1) is 0 Å². The molecule has 2 rings (SSSR count).